The second kappa shape index (κ2) is 6.49. The third kappa shape index (κ3) is 3.42. The zero-order chi connectivity index (χ0) is 16.4. The van der Waals surface area contributed by atoms with Crippen molar-refractivity contribution in [1.82, 2.24) is 10.6 Å². The summed E-state index contributed by atoms with van der Waals surface area (Å²) in [6.07, 6.45) is 0.501. The summed E-state index contributed by atoms with van der Waals surface area (Å²) in [5, 5.41) is 8.11. The topological polar surface area (TPSA) is 73.5 Å². The molecule has 124 valence electrons. The van der Waals surface area contributed by atoms with Gasteiger partial charge in [0.05, 0.1) is 0 Å². The van der Waals surface area contributed by atoms with E-state index in [0.29, 0.717) is 32.6 Å². The molecule has 2 saturated heterocycles. The molecule has 23 heavy (non-hydrogen) atoms. The van der Waals surface area contributed by atoms with E-state index in [9.17, 15) is 18.4 Å². The second-order valence-electron chi connectivity index (χ2n) is 5.67. The Kier molecular flexibility index (Phi) is 4.42. The summed E-state index contributed by atoms with van der Waals surface area (Å²) in [5.74, 6) is -2.14. The van der Waals surface area contributed by atoms with Gasteiger partial charge in [0.2, 0.25) is 11.8 Å². The first-order valence-electron chi connectivity index (χ1n) is 7.59. The molecule has 0 aromatic heterocycles. The van der Waals surface area contributed by atoms with Crippen LogP contribution in [0.2, 0.25) is 0 Å². The van der Waals surface area contributed by atoms with Gasteiger partial charge in [-0.15, -0.1) is 0 Å². The molecule has 0 bridgehead atoms. The standard InChI is InChI=1S/C15H18F2N4O2/c16-10-7-9(19-12-1-2-13(22)20-15(12)23)8-11(17)14(10)21-5-3-18-4-6-21/h7-8,12,18-19H,1-6H2,(H,20,22,23). The number of rotatable bonds is 3. The van der Waals surface area contributed by atoms with E-state index in [4.69, 9.17) is 0 Å². The Hall–Kier alpha value is -2.22. The number of hydrogen-bond donors (Lipinski definition) is 3. The SMILES string of the molecule is O=C1CCC(Nc2cc(F)c(N3CCNCC3)c(F)c2)C(=O)N1. The molecule has 0 radical (unpaired) electrons. The summed E-state index contributed by atoms with van der Waals surface area (Å²) in [6.45, 7) is 2.42. The predicted molar refractivity (Wildman–Crippen MR) is 81.2 cm³/mol. The highest BCUT2D eigenvalue weighted by atomic mass is 19.1. The molecule has 2 amide bonds. The monoisotopic (exact) mass is 324 g/mol. The minimum absolute atomic E-state index is 0.0414. The van der Waals surface area contributed by atoms with Gasteiger partial charge in [0.25, 0.3) is 0 Å². The molecule has 0 spiro atoms. The summed E-state index contributed by atoms with van der Waals surface area (Å²) in [6, 6.07) is 1.70. The van der Waals surface area contributed by atoms with E-state index in [2.05, 4.69) is 16.0 Å². The van der Waals surface area contributed by atoms with Crippen LogP contribution in [0.25, 0.3) is 0 Å². The Morgan fingerprint density at radius 3 is 2.39 bits per heavy atom. The fourth-order valence-corrected chi connectivity index (χ4v) is 2.87. The van der Waals surface area contributed by atoms with Crippen molar-refractivity contribution in [1.29, 1.82) is 0 Å². The number of amides is 2. The number of piperazine rings is 1. The second-order valence-corrected chi connectivity index (χ2v) is 5.67. The number of nitrogens with zero attached hydrogens (tertiary/aromatic N) is 1. The van der Waals surface area contributed by atoms with Gasteiger partial charge in [0, 0.05) is 38.3 Å². The fourth-order valence-electron chi connectivity index (χ4n) is 2.87. The minimum atomic E-state index is -0.670. The van der Waals surface area contributed by atoms with Crippen molar-refractivity contribution < 1.29 is 18.4 Å². The highest BCUT2D eigenvalue weighted by Crippen LogP contribution is 2.28. The minimum Gasteiger partial charge on any atom is -0.373 e. The van der Waals surface area contributed by atoms with Crippen molar-refractivity contribution in [3.8, 4) is 0 Å². The van der Waals surface area contributed by atoms with E-state index < -0.39 is 23.6 Å². The van der Waals surface area contributed by atoms with E-state index in [0.717, 1.165) is 0 Å². The van der Waals surface area contributed by atoms with E-state index in [1.165, 1.54) is 12.1 Å². The van der Waals surface area contributed by atoms with Crippen LogP contribution in [-0.2, 0) is 9.59 Å². The molecule has 3 rings (SSSR count). The third-order valence-electron chi connectivity index (χ3n) is 4.03. The summed E-state index contributed by atoms with van der Waals surface area (Å²) in [5.41, 5.74) is 0.147. The molecule has 2 fully saturated rings. The highest BCUT2D eigenvalue weighted by Gasteiger charge is 2.27. The molecule has 8 heteroatoms. The van der Waals surface area contributed by atoms with Gasteiger partial charge in [-0.25, -0.2) is 8.78 Å². The van der Waals surface area contributed by atoms with Gasteiger partial charge in [-0.05, 0) is 18.6 Å². The van der Waals surface area contributed by atoms with Gasteiger partial charge in [0.1, 0.15) is 11.7 Å². The molecule has 2 aliphatic heterocycles. The Bertz CT molecular complexity index is 609. The van der Waals surface area contributed by atoms with Crippen LogP contribution in [0.1, 0.15) is 12.8 Å². The van der Waals surface area contributed by atoms with Crippen LogP contribution in [0, 0.1) is 11.6 Å². The number of anilines is 2. The normalized spacial score (nSPS) is 22.0. The smallest absolute Gasteiger partial charge is 0.249 e. The van der Waals surface area contributed by atoms with Crippen molar-refractivity contribution in [2.24, 2.45) is 0 Å². The molecule has 1 aromatic rings. The molecule has 3 N–H and O–H groups in total. The molecular weight excluding hydrogens is 306 g/mol. The Morgan fingerprint density at radius 2 is 1.78 bits per heavy atom. The summed E-state index contributed by atoms with van der Waals surface area (Å²) in [4.78, 5) is 24.5. The van der Waals surface area contributed by atoms with Crippen LogP contribution in [0.4, 0.5) is 20.2 Å². The van der Waals surface area contributed by atoms with E-state index in [-0.39, 0.29) is 23.7 Å². The molecule has 1 unspecified atom stereocenters. The molecule has 2 aliphatic rings. The number of nitrogens with one attached hydrogen (secondary N) is 3. The van der Waals surface area contributed by atoms with Crippen LogP contribution in [0.15, 0.2) is 12.1 Å². The van der Waals surface area contributed by atoms with E-state index in [1.807, 2.05) is 0 Å². The lowest BCUT2D eigenvalue weighted by atomic mass is 10.1. The van der Waals surface area contributed by atoms with Crippen molar-refractivity contribution >= 4 is 23.2 Å². The van der Waals surface area contributed by atoms with Crippen molar-refractivity contribution in [2.45, 2.75) is 18.9 Å². The van der Waals surface area contributed by atoms with Crippen LogP contribution in [0.3, 0.4) is 0 Å². The zero-order valence-electron chi connectivity index (χ0n) is 12.5. The first-order valence-corrected chi connectivity index (χ1v) is 7.59. The maximum Gasteiger partial charge on any atom is 0.249 e. The lowest BCUT2D eigenvalue weighted by Crippen LogP contribution is -2.47. The summed E-state index contributed by atoms with van der Waals surface area (Å²) in [7, 11) is 0. The molecule has 2 heterocycles. The Morgan fingerprint density at radius 1 is 1.13 bits per heavy atom. The van der Waals surface area contributed by atoms with Gasteiger partial charge in [-0.1, -0.05) is 0 Å². The summed E-state index contributed by atoms with van der Waals surface area (Å²) < 4.78 is 28.6. The van der Waals surface area contributed by atoms with Crippen LogP contribution in [-0.4, -0.2) is 44.0 Å². The molecule has 1 atom stereocenters. The van der Waals surface area contributed by atoms with Gasteiger partial charge >= 0.3 is 0 Å². The Labute approximate surface area is 132 Å². The fraction of sp³-hybridized carbons (Fsp3) is 0.467. The van der Waals surface area contributed by atoms with Gasteiger partial charge in [-0.2, -0.15) is 0 Å². The van der Waals surface area contributed by atoms with Crippen LogP contribution in [0.5, 0.6) is 0 Å². The number of piperidine rings is 1. The number of carbonyl (C=O) groups is 2. The quantitative estimate of drug-likeness (QED) is 0.710. The third-order valence-corrected chi connectivity index (χ3v) is 4.03. The lowest BCUT2D eigenvalue weighted by molar-refractivity contribution is -0.133. The van der Waals surface area contributed by atoms with Gasteiger partial charge in [0.15, 0.2) is 11.6 Å². The number of halogens is 2. The zero-order valence-corrected chi connectivity index (χ0v) is 12.5. The first kappa shape index (κ1) is 15.7. The number of hydrogen-bond acceptors (Lipinski definition) is 5. The molecule has 0 aliphatic carbocycles. The average molecular weight is 324 g/mol. The number of carbonyl (C=O) groups excluding carboxylic acids is 2. The first-order chi connectivity index (χ1) is 11.0. The van der Waals surface area contributed by atoms with Gasteiger partial charge in [-0.3, -0.25) is 14.9 Å². The van der Waals surface area contributed by atoms with Gasteiger partial charge < -0.3 is 15.5 Å². The molecule has 6 nitrogen and oxygen atoms in total. The Balaban J connectivity index is 1.76. The highest BCUT2D eigenvalue weighted by molar-refractivity contribution is 6.01. The van der Waals surface area contributed by atoms with Crippen LogP contribution < -0.4 is 20.9 Å². The van der Waals surface area contributed by atoms with E-state index >= 15 is 0 Å². The molecule has 1 aromatic carbocycles. The van der Waals surface area contributed by atoms with E-state index in [1.54, 1.807) is 4.90 Å². The predicted octanol–water partition coefficient (Wildman–Crippen LogP) is 0.591. The van der Waals surface area contributed by atoms with Crippen molar-refractivity contribution in [3.05, 3.63) is 23.8 Å². The molecular formula is C15H18F2N4O2. The maximum atomic E-state index is 14.3. The van der Waals surface area contributed by atoms with Crippen molar-refractivity contribution in [3.63, 3.8) is 0 Å². The van der Waals surface area contributed by atoms with Crippen molar-refractivity contribution in [2.75, 3.05) is 36.4 Å². The number of imide groups is 1. The summed E-state index contributed by atoms with van der Waals surface area (Å²) >= 11 is 0. The lowest BCUT2D eigenvalue weighted by Gasteiger charge is -2.30. The molecule has 0 saturated carbocycles. The maximum absolute atomic E-state index is 14.3. The number of benzene rings is 1. The van der Waals surface area contributed by atoms with Crippen LogP contribution >= 0.6 is 0 Å². The average Bonchev–Trinajstić information content (AvgIpc) is 2.50. The largest absolute Gasteiger partial charge is 0.373 e.